The van der Waals surface area contributed by atoms with Crippen molar-refractivity contribution in [2.24, 2.45) is 0 Å². The van der Waals surface area contributed by atoms with Crippen LogP contribution in [0.3, 0.4) is 0 Å². The van der Waals surface area contributed by atoms with Crippen LogP contribution < -0.4 is 0 Å². The lowest BCUT2D eigenvalue weighted by molar-refractivity contribution is -0.149. The van der Waals surface area contributed by atoms with Gasteiger partial charge in [0.1, 0.15) is 6.04 Å². The van der Waals surface area contributed by atoms with Crippen LogP contribution in [0.1, 0.15) is 45.4 Å². The summed E-state index contributed by atoms with van der Waals surface area (Å²) in [6.07, 6.45) is 6.01. The summed E-state index contributed by atoms with van der Waals surface area (Å²) in [6.45, 7) is 5.63. The number of amides is 1. The molecule has 0 rings (SSSR count). The fourth-order valence-corrected chi connectivity index (χ4v) is 1.63. The second-order valence-electron chi connectivity index (χ2n) is 4.18. The van der Waals surface area contributed by atoms with E-state index in [1.165, 1.54) is 4.90 Å². The molecule has 0 aromatic carbocycles. The number of nitrogens with zero attached hydrogens (tertiary/aromatic N) is 1. The number of allylic oxidation sites excluding steroid dienone is 1. The summed E-state index contributed by atoms with van der Waals surface area (Å²) in [4.78, 5) is 24.2. The molecule has 1 atom stereocenters. The minimum Gasteiger partial charge on any atom is -0.480 e. The van der Waals surface area contributed by atoms with Crippen LogP contribution in [0.5, 0.6) is 0 Å². The topological polar surface area (TPSA) is 57.6 Å². The zero-order chi connectivity index (χ0) is 13.3. The number of carboxylic acid groups (broad SMARTS) is 1. The van der Waals surface area contributed by atoms with E-state index in [1.54, 1.807) is 13.1 Å². The smallest absolute Gasteiger partial charge is 0.326 e. The number of carboxylic acids is 1. The van der Waals surface area contributed by atoms with Crippen LogP contribution in [-0.2, 0) is 9.59 Å². The molecule has 1 unspecified atom stereocenters. The SMILES string of the molecule is C=CCCC(C(=O)O)N(C)C(=O)CCCCC. The van der Waals surface area contributed by atoms with Crippen LogP contribution in [0.15, 0.2) is 12.7 Å². The van der Waals surface area contributed by atoms with Crippen LogP contribution in [0.25, 0.3) is 0 Å². The molecule has 0 aliphatic carbocycles. The lowest BCUT2D eigenvalue weighted by atomic mass is 10.1. The molecule has 0 radical (unpaired) electrons. The molecule has 1 N–H and O–H groups in total. The molecule has 0 heterocycles. The van der Waals surface area contributed by atoms with Crippen molar-refractivity contribution in [2.45, 2.75) is 51.5 Å². The fraction of sp³-hybridized carbons (Fsp3) is 0.692. The van der Waals surface area contributed by atoms with Gasteiger partial charge in [-0.3, -0.25) is 4.79 Å². The summed E-state index contributed by atoms with van der Waals surface area (Å²) in [6, 6.07) is -0.734. The number of aliphatic carboxylic acids is 1. The first-order valence-electron chi connectivity index (χ1n) is 6.13. The Balaban J connectivity index is 4.28. The van der Waals surface area contributed by atoms with E-state index in [-0.39, 0.29) is 5.91 Å². The van der Waals surface area contributed by atoms with Crippen molar-refractivity contribution >= 4 is 11.9 Å². The van der Waals surface area contributed by atoms with Gasteiger partial charge in [-0.25, -0.2) is 4.79 Å². The van der Waals surface area contributed by atoms with Crippen molar-refractivity contribution < 1.29 is 14.7 Å². The Morgan fingerprint density at radius 2 is 2.06 bits per heavy atom. The Bertz CT molecular complexity index is 263. The van der Waals surface area contributed by atoms with E-state index in [0.29, 0.717) is 19.3 Å². The minimum absolute atomic E-state index is 0.0880. The lowest BCUT2D eigenvalue weighted by Crippen LogP contribution is -2.42. The largest absolute Gasteiger partial charge is 0.480 e. The number of rotatable bonds is 9. The second-order valence-corrected chi connectivity index (χ2v) is 4.18. The molecular weight excluding hydrogens is 218 g/mol. The summed E-state index contributed by atoms with van der Waals surface area (Å²) in [5, 5.41) is 9.06. The van der Waals surface area contributed by atoms with Gasteiger partial charge < -0.3 is 10.0 Å². The molecule has 0 saturated carbocycles. The molecule has 0 bridgehead atoms. The van der Waals surface area contributed by atoms with Gasteiger partial charge in [-0.2, -0.15) is 0 Å². The molecular formula is C13H23NO3. The Morgan fingerprint density at radius 1 is 1.41 bits per heavy atom. The third-order valence-electron chi connectivity index (χ3n) is 2.78. The highest BCUT2D eigenvalue weighted by Crippen LogP contribution is 2.10. The van der Waals surface area contributed by atoms with Gasteiger partial charge in [-0.1, -0.05) is 25.8 Å². The second kappa shape index (κ2) is 8.79. The maximum absolute atomic E-state index is 11.8. The van der Waals surface area contributed by atoms with Crippen LogP contribution in [0.2, 0.25) is 0 Å². The average Bonchev–Trinajstić information content (AvgIpc) is 2.29. The number of carbonyl (C=O) groups is 2. The van der Waals surface area contributed by atoms with Crippen molar-refractivity contribution in [2.75, 3.05) is 7.05 Å². The van der Waals surface area contributed by atoms with Gasteiger partial charge in [0.15, 0.2) is 0 Å². The van der Waals surface area contributed by atoms with E-state index in [4.69, 9.17) is 5.11 Å². The van der Waals surface area contributed by atoms with E-state index < -0.39 is 12.0 Å². The van der Waals surface area contributed by atoms with Crippen LogP contribution in [0, 0.1) is 0 Å². The van der Waals surface area contributed by atoms with Crippen molar-refractivity contribution in [3.05, 3.63) is 12.7 Å². The van der Waals surface area contributed by atoms with E-state index in [9.17, 15) is 9.59 Å². The van der Waals surface area contributed by atoms with E-state index in [1.807, 2.05) is 0 Å². The Morgan fingerprint density at radius 3 is 2.53 bits per heavy atom. The van der Waals surface area contributed by atoms with Crippen LogP contribution in [0.4, 0.5) is 0 Å². The summed E-state index contributed by atoms with van der Waals surface area (Å²) in [7, 11) is 1.57. The Hall–Kier alpha value is -1.32. The zero-order valence-electron chi connectivity index (χ0n) is 10.8. The average molecular weight is 241 g/mol. The summed E-state index contributed by atoms with van der Waals surface area (Å²) >= 11 is 0. The van der Waals surface area contributed by atoms with E-state index >= 15 is 0 Å². The highest BCUT2D eigenvalue weighted by molar-refractivity contribution is 5.83. The Kier molecular flexibility index (Phi) is 8.11. The van der Waals surface area contributed by atoms with Gasteiger partial charge in [0, 0.05) is 13.5 Å². The van der Waals surface area contributed by atoms with Gasteiger partial charge in [-0.05, 0) is 19.3 Å². The molecule has 0 fully saturated rings. The fourth-order valence-electron chi connectivity index (χ4n) is 1.63. The number of unbranched alkanes of at least 4 members (excludes halogenated alkanes) is 2. The van der Waals surface area contributed by atoms with E-state index in [0.717, 1.165) is 19.3 Å². The highest BCUT2D eigenvalue weighted by Gasteiger charge is 2.25. The molecule has 1 amide bonds. The Labute approximate surface area is 103 Å². The van der Waals surface area contributed by atoms with Gasteiger partial charge in [0.2, 0.25) is 5.91 Å². The quantitative estimate of drug-likeness (QED) is 0.498. The molecule has 98 valence electrons. The highest BCUT2D eigenvalue weighted by atomic mass is 16.4. The van der Waals surface area contributed by atoms with Gasteiger partial charge in [-0.15, -0.1) is 6.58 Å². The molecule has 0 aromatic heterocycles. The van der Waals surface area contributed by atoms with Gasteiger partial charge in [0.25, 0.3) is 0 Å². The first-order chi connectivity index (χ1) is 8.04. The predicted molar refractivity (Wildman–Crippen MR) is 67.8 cm³/mol. The third kappa shape index (κ3) is 6.09. The molecule has 0 spiro atoms. The molecule has 4 heteroatoms. The normalized spacial score (nSPS) is 11.9. The molecule has 4 nitrogen and oxygen atoms in total. The molecule has 0 aliphatic rings. The van der Waals surface area contributed by atoms with Gasteiger partial charge >= 0.3 is 5.97 Å². The number of hydrogen-bond acceptors (Lipinski definition) is 2. The van der Waals surface area contributed by atoms with Crippen LogP contribution >= 0.6 is 0 Å². The van der Waals surface area contributed by atoms with Crippen molar-refractivity contribution in [3.63, 3.8) is 0 Å². The maximum Gasteiger partial charge on any atom is 0.326 e. The molecule has 0 aromatic rings. The van der Waals surface area contributed by atoms with Crippen molar-refractivity contribution in [1.29, 1.82) is 0 Å². The number of carbonyl (C=O) groups excluding carboxylic acids is 1. The van der Waals surface area contributed by atoms with Crippen LogP contribution in [-0.4, -0.2) is 35.0 Å². The third-order valence-corrected chi connectivity index (χ3v) is 2.78. The lowest BCUT2D eigenvalue weighted by Gasteiger charge is -2.24. The molecule has 0 aliphatic heterocycles. The first-order valence-corrected chi connectivity index (χ1v) is 6.13. The number of hydrogen-bond donors (Lipinski definition) is 1. The monoisotopic (exact) mass is 241 g/mol. The predicted octanol–water partition coefficient (Wildman–Crippen LogP) is 2.44. The maximum atomic E-state index is 11.8. The number of likely N-dealkylation sites (N-methyl/N-ethyl adjacent to an activating group) is 1. The zero-order valence-corrected chi connectivity index (χ0v) is 10.8. The first kappa shape index (κ1) is 15.7. The van der Waals surface area contributed by atoms with Crippen molar-refractivity contribution in [1.82, 2.24) is 4.90 Å². The van der Waals surface area contributed by atoms with Crippen molar-refractivity contribution in [3.8, 4) is 0 Å². The van der Waals surface area contributed by atoms with Gasteiger partial charge in [0.05, 0.1) is 0 Å². The standard InChI is InChI=1S/C13H23NO3/c1-4-6-8-10-12(15)14(3)11(13(16)17)9-7-5-2/h5,11H,2,4,6-10H2,1,3H3,(H,16,17). The summed E-state index contributed by atoms with van der Waals surface area (Å²) in [5.41, 5.74) is 0. The molecule has 0 saturated heterocycles. The minimum atomic E-state index is -0.946. The van der Waals surface area contributed by atoms with E-state index in [2.05, 4.69) is 13.5 Å². The summed E-state index contributed by atoms with van der Waals surface area (Å²) < 4.78 is 0. The summed E-state index contributed by atoms with van der Waals surface area (Å²) in [5.74, 6) is -1.03. The molecule has 17 heavy (non-hydrogen) atoms.